The van der Waals surface area contributed by atoms with Gasteiger partial charge in [-0.2, -0.15) is 10.4 Å². The Morgan fingerprint density at radius 1 is 1.38 bits per heavy atom. The van der Waals surface area contributed by atoms with Crippen LogP contribution in [-0.2, 0) is 6.54 Å². The minimum absolute atomic E-state index is 0.263. The molecule has 0 saturated heterocycles. The molecule has 2 rings (SSSR count). The summed E-state index contributed by atoms with van der Waals surface area (Å²) in [5.74, 6) is -0.263. The van der Waals surface area contributed by atoms with Crippen molar-refractivity contribution >= 4 is 0 Å². The zero-order chi connectivity index (χ0) is 11.5. The number of nitrogens with zero attached hydrogens (tertiary/aromatic N) is 3. The lowest BCUT2D eigenvalue weighted by Gasteiger charge is -2.02. The molecular formula is C12H10FN3. The van der Waals surface area contributed by atoms with E-state index in [1.54, 1.807) is 22.9 Å². The second-order valence-corrected chi connectivity index (χ2v) is 3.57. The lowest BCUT2D eigenvalue weighted by Crippen LogP contribution is -2.04. The van der Waals surface area contributed by atoms with Crippen LogP contribution in [0.1, 0.15) is 17.0 Å². The van der Waals surface area contributed by atoms with E-state index in [0.717, 1.165) is 11.3 Å². The van der Waals surface area contributed by atoms with E-state index >= 15 is 0 Å². The molecule has 1 aromatic carbocycles. The molecule has 4 heteroatoms. The van der Waals surface area contributed by atoms with Crippen molar-refractivity contribution in [2.24, 2.45) is 0 Å². The minimum Gasteiger partial charge on any atom is -0.250 e. The Balaban J connectivity index is 2.27. The molecule has 1 aromatic heterocycles. The number of halogens is 1. The topological polar surface area (TPSA) is 41.6 Å². The maximum atomic E-state index is 12.7. The van der Waals surface area contributed by atoms with Crippen molar-refractivity contribution in [3.8, 4) is 6.07 Å². The molecule has 0 saturated carbocycles. The van der Waals surface area contributed by atoms with Crippen molar-refractivity contribution in [3.05, 3.63) is 53.1 Å². The van der Waals surface area contributed by atoms with Gasteiger partial charge in [0.1, 0.15) is 17.6 Å². The van der Waals surface area contributed by atoms with Crippen molar-refractivity contribution in [1.29, 1.82) is 5.26 Å². The molecule has 0 fully saturated rings. The van der Waals surface area contributed by atoms with Crippen LogP contribution in [0.5, 0.6) is 0 Å². The van der Waals surface area contributed by atoms with Gasteiger partial charge in [-0.05, 0) is 30.7 Å². The highest BCUT2D eigenvalue weighted by molar-refractivity contribution is 5.25. The number of nitriles is 1. The molecule has 0 amide bonds. The van der Waals surface area contributed by atoms with E-state index in [9.17, 15) is 4.39 Å². The van der Waals surface area contributed by atoms with E-state index in [1.165, 1.54) is 12.1 Å². The van der Waals surface area contributed by atoms with Crippen molar-refractivity contribution in [3.63, 3.8) is 0 Å². The summed E-state index contributed by atoms with van der Waals surface area (Å²) >= 11 is 0. The van der Waals surface area contributed by atoms with E-state index < -0.39 is 0 Å². The van der Waals surface area contributed by atoms with Gasteiger partial charge in [-0.3, -0.25) is 4.68 Å². The molecule has 0 bridgehead atoms. The highest BCUT2D eigenvalue weighted by Crippen LogP contribution is 2.08. The molecule has 2 aromatic rings. The Hall–Kier alpha value is -2.15. The van der Waals surface area contributed by atoms with Crippen LogP contribution in [0.15, 0.2) is 30.3 Å². The van der Waals surface area contributed by atoms with Crippen LogP contribution in [-0.4, -0.2) is 9.78 Å². The highest BCUT2D eigenvalue weighted by Gasteiger charge is 2.04. The van der Waals surface area contributed by atoms with Crippen LogP contribution < -0.4 is 0 Å². The summed E-state index contributed by atoms with van der Waals surface area (Å²) in [5, 5.41) is 13.1. The largest absolute Gasteiger partial charge is 0.250 e. The molecule has 0 radical (unpaired) electrons. The van der Waals surface area contributed by atoms with Gasteiger partial charge in [-0.1, -0.05) is 12.1 Å². The first-order valence-corrected chi connectivity index (χ1v) is 4.88. The Kier molecular flexibility index (Phi) is 2.69. The maximum absolute atomic E-state index is 12.7. The minimum atomic E-state index is -0.263. The summed E-state index contributed by atoms with van der Waals surface area (Å²) in [6.45, 7) is 2.32. The summed E-state index contributed by atoms with van der Waals surface area (Å²) in [4.78, 5) is 0. The van der Waals surface area contributed by atoms with Crippen LogP contribution in [0, 0.1) is 24.1 Å². The van der Waals surface area contributed by atoms with Gasteiger partial charge in [-0.25, -0.2) is 4.39 Å². The maximum Gasteiger partial charge on any atom is 0.139 e. The number of aromatic nitrogens is 2. The number of benzene rings is 1. The van der Waals surface area contributed by atoms with Gasteiger partial charge in [0.05, 0.1) is 12.2 Å². The zero-order valence-electron chi connectivity index (χ0n) is 8.81. The number of aryl methyl sites for hydroxylation is 1. The fourth-order valence-electron chi connectivity index (χ4n) is 1.52. The molecule has 0 spiro atoms. The van der Waals surface area contributed by atoms with Crippen LogP contribution in [0.4, 0.5) is 4.39 Å². The van der Waals surface area contributed by atoms with E-state index in [2.05, 4.69) is 11.2 Å². The molecule has 0 aliphatic carbocycles. The number of hydrogen-bond acceptors (Lipinski definition) is 2. The SMILES string of the molecule is Cc1cc(C#N)n(Cc2ccc(F)cc2)n1. The van der Waals surface area contributed by atoms with Gasteiger partial charge in [0.25, 0.3) is 0 Å². The molecule has 3 nitrogen and oxygen atoms in total. The first-order chi connectivity index (χ1) is 7.69. The summed E-state index contributed by atoms with van der Waals surface area (Å²) in [7, 11) is 0. The monoisotopic (exact) mass is 215 g/mol. The summed E-state index contributed by atoms with van der Waals surface area (Å²) in [6.07, 6.45) is 0. The van der Waals surface area contributed by atoms with E-state index in [-0.39, 0.29) is 5.82 Å². The Labute approximate surface area is 92.7 Å². The lowest BCUT2D eigenvalue weighted by atomic mass is 10.2. The van der Waals surface area contributed by atoms with Crippen molar-refractivity contribution < 1.29 is 4.39 Å². The molecule has 0 N–H and O–H groups in total. The second-order valence-electron chi connectivity index (χ2n) is 3.57. The van der Waals surface area contributed by atoms with Gasteiger partial charge in [0.15, 0.2) is 0 Å². The molecule has 0 aliphatic heterocycles. The van der Waals surface area contributed by atoms with Crippen molar-refractivity contribution in [2.45, 2.75) is 13.5 Å². The van der Waals surface area contributed by atoms with Gasteiger partial charge in [-0.15, -0.1) is 0 Å². The van der Waals surface area contributed by atoms with E-state index in [1.807, 2.05) is 6.92 Å². The van der Waals surface area contributed by atoms with Crippen molar-refractivity contribution in [1.82, 2.24) is 9.78 Å². The van der Waals surface area contributed by atoms with Gasteiger partial charge in [0, 0.05) is 0 Å². The third-order valence-corrected chi connectivity index (χ3v) is 2.26. The van der Waals surface area contributed by atoms with Gasteiger partial charge < -0.3 is 0 Å². The predicted molar refractivity (Wildman–Crippen MR) is 57.2 cm³/mol. The van der Waals surface area contributed by atoms with Gasteiger partial charge in [0.2, 0.25) is 0 Å². The molecular weight excluding hydrogens is 205 g/mol. The average molecular weight is 215 g/mol. The first kappa shape index (κ1) is 10.4. The van der Waals surface area contributed by atoms with Gasteiger partial charge >= 0.3 is 0 Å². The third-order valence-electron chi connectivity index (χ3n) is 2.26. The molecule has 0 aliphatic rings. The number of hydrogen-bond donors (Lipinski definition) is 0. The molecule has 0 atom stereocenters. The smallest absolute Gasteiger partial charge is 0.139 e. The summed E-state index contributed by atoms with van der Waals surface area (Å²) < 4.78 is 14.3. The lowest BCUT2D eigenvalue weighted by molar-refractivity contribution is 0.623. The predicted octanol–water partition coefficient (Wildman–Crippen LogP) is 2.25. The van der Waals surface area contributed by atoms with Crippen LogP contribution in [0.2, 0.25) is 0 Å². The number of rotatable bonds is 2. The average Bonchev–Trinajstić information content (AvgIpc) is 2.62. The fraction of sp³-hybridized carbons (Fsp3) is 0.167. The highest BCUT2D eigenvalue weighted by atomic mass is 19.1. The van der Waals surface area contributed by atoms with Crippen LogP contribution >= 0.6 is 0 Å². The quantitative estimate of drug-likeness (QED) is 0.771. The molecule has 16 heavy (non-hydrogen) atoms. The van der Waals surface area contributed by atoms with E-state index in [0.29, 0.717) is 12.2 Å². The summed E-state index contributed by atoms with van der Waals surface area (Å²) in [5.41, 5.74) is 2.24. The van der Waals surface area contributed by atoms with E-state index in [4.69, 9.17) is 5.26 Å². The van der Waals surface area contributed by atoms with Crippen molar-refractivity contribution in [2.75, 3.05) is 0 Å². The van der Waals surface area contributed by atoms with Crippen LogP contribution in [0.25, 0.3) is 0 Å². The van der Waals surface area contributed by atoms with Crippen LogP contribution in [0.3, 0.4) is 0 Å². The molecule has 1 heterocycles. The normalized spacial score (nSPS) is 10.1. The Bertz CT molecular complexity index is 534. The Morgan fingerprint density at radius 3 is 2.69 bits per heavy atom. The summed E-state index contributed by atoms with van der Waals surface area (Å²) in [6, 6.07) is 9.98. The first-order valence-electron chi connectivity index (χ1n) is 4.88. The zero-order valence-corrected chi connectivity index (χ0v) is 8.81. The second kappa shape index (κ2) is 4.15. The third kappa shape index (κ3) is 2.09. The molecule has 0 unspecified atom stereocenters. The molecule has 80 valence electrons. The fourth-order valence-corrected chi connectivity index (χ4v) is 1.52. The standard InChI is InChI=1S/C12H10FN3/c1-9-6-12(7-14)16(15-9)8-10-2-4-11(13)5-3-10/h2-6H,8H2,1H3. The Morgan fingerprint density at radius 2 is 2.06 bits per heavy atom.